The molecule has 2 rings (SSSR count). The average molecular weight is 381 g/mol. The van der Waals surface area contributed by atoms with Gasteiger partial charge in [-0.25, -0.2) is 4.79 Å². The Balaban J connectivity index is 2.31. The monoisotopic (exact) mass is 381 g/mol. The second-order valence-corrected chi connectivity index (χ2v) is 7.03. The summed E-state index contributed by atoms with van der Waals surface area (Å²) < 4.78 is 5.56. The van der Waals surface area contributed by atoms with Gasteiger partial charge in [-0.2, -0.15) is 0 Å². The molecule has 0 bridgehead atoms. The molecule has 25 heavy (non-hydrogen) atoms. The molecule has 0 saturated carbocycles. The highest BCUT2D eigenvalue weighted by Gasteiger charge is 2.39. The van der Waals surface area contributed by atoms with Gasteiger partial charge in [0, 0.05) is 0 Å². The predicted molar refractivity (Wildman–Crippen MR) is 101 cm³/mol. The van der Waals surface area contributed by atoms with E-state index in [9.17, 15) is 19.8 Å². The molecular formula is C17H19NO5S2. The lowest BCUT2D eigenvalue weighted by Crippen LogP contribution is -2.43. The number of ether oxygens (including phenoxy) is 1. The molecule has 1 aromatic carbocycles. The molecule has 6 nitrogen and oxygen atoms in total. The van der Waals surface area contributed by atoms with Gasteiger partial charge in [-0.3, -0.25) is 9.69 Å². The predicted octanol–water partition coefficient (Wildman–Crippen LogP) is 3.25. The van der Waals surface area contributed by atoms with Crippen LogP contribution in [0.5, 0.6) is 11.5 Å². The number of benzene rings is 1. The maximum Gasteiger partial charge on any atom is 0.326 e. The van der Waals surface area contributed by atoms with Crippen molar-refractivity contribution in [1.82, 2.24) is 4.90 Å². The zero-order chi connectivity index (χ0) is 18.6. The van der Waals surface area contributed by atoms with Crippen LogP contribution in [0.4, 0.5) is 0 Å². The second-order valence-electron chi connectivity index (χ2n) is 5.35. The Morgan fingerprint density at radius 3 is 2.76 bits per heavy atom. The third-order valence-corrected chi connectivity index (χ3v) is 4.89. The maximum absolute atomic E-state index is 12.6. The third kappa shape index (κ3) is 4.32. The van der Waals surface area contributed by atoms with E-state index in [1.807, 2.05) is 6.92 Å². The van der Waals surface area contributed by atoms with Gasteiger partial charge in [0.15, 0.2) is 11.5 Å². The molecule has 8 heteroatoms. The van der Waals surface area contributed by atoms with Crippen molar-refractivity contribution in [3.05, 3.63) is 28.7 Å². The van der Waals surface area contributed by atoms with Crippen molar-refractivity contribution in [2.45, 2.75) is 32.7 Å². The van der Waals surface area contributed by atoms with Crippen LogP contribution in [0.15, 0.2) is 23.1 Å². The molecule has 0 radical (unpaired) electrons. The van der Waals surface area contributed by atoms with Crippen LogP contribution in [0.3, 0.4) is 0 Å². The molecule has 0 unspecified atom stereocenters. The van der Waals surface area contributed by atoms with E-state index in [2.05, 4.69) is 0 Å². The molecule has 1 amide bonds. The van der Waals surface area contributed by atoms with Gasteiger partial charge in [0.25, 0.3) is 5.91 Å². The van der Waals surface area contributed by atoms with Crippen LogP contribution < -0.4 is 4.74 Å². The van der Waals surface area contributed by atoms with E-state index in [-0.39, 0.29) is 10.1 Å². The smallest absolute Gasteiger partial charge is 0.326 e. The number of nitrogens with zero attached hydrogens (tertiary/aromatic N) is 1. The van der Waals surface area contributed by atoms with Crippen LogP contribution in [0.2, 0.25) is 0 Å². The number of rotatable bonds is 7. The van der Waals surface area contributed by atoms with Crippen molar-refractivity contribution in [3.8, 4) is 11.5 Å². The number of aliphatic carboxylic acids is 1. The molecule has 1 atom stereocenters. The fraction of sp³-hybridized carbons (Fsp3) is 0.353. The van der Waals surface area contributed by atoms with E-state index in [1.165, 1.54) is 11.0 Å². The summed E-state index contributed by atoms with van der Waals surface area (Å²) in [6, 6.07) is 3.79. The van der Waals surface area contributed by atoms with Gasteiger partial charge in [0.2, 0.25) is 0 Å². The fourth-order valence-electron chi connectivity index (χ4n) is 2.43. The minimum absolute atomic E-state index is 0.0143. The van der Waals surface area contributed by atoms with Crippen LogP contribution in [0, 0.1) is 0 Å². The molecule has 1 saturated heterocycles. The van der Waals surface area contributed by atoms with E-state index in [4.69, 9.17) is 17.0 Å². The zero-order valence-corrected chi connectivity index (χ0v) is 15.5. The Labute approximate surface area is 155 Å². The van der Waals surface area contributed by atoms with Crippen LogP contribution in [0.25, 0.3) is 6.08 Å². The van der Waals surface area contributed by atoms with Crippen LogP contribution >= 0.6 is 24.0 Å². The molecule has 1 aliphatic heterocycles. The summed E-state index contributed by atoms with van der Waals surface area (Å²) in [5, 5.41) is 19.1. The Morgan fingerprint density at radius 2 is 2.16 bits per heavy atom. The van der Waals surface area contributed by atoms with Crippen molar-refractivity contribution in [2.75, 3.05) is 6.61 Å². The number of amides is 1. The van der Waals surface area contributed by atoms with Crippen LogP contribution in [0.1, 0.15) is 32.3 Å². The second kappa shape index (κ2) is 8.35. The SMILES string of the molecule is CCC[C@@H](C(=O)O)N1C(=O)/C(=C/c2ccc(O)c(OCC)c2)SC1=S. The summed E-state index contributed by atoms with van der Waals surface area (Å²) >= 11 is 6.28. The normalized spacial score (nSPS) is 17.2. The van der Waals surface area contributed by atoms with Gasteiger partial charge < -0.3 is 14.9 Å². The molecular weight excluding hydrogens is 362 g/mol. The lowest BCUT2D eigenvalue weighted by molar-refractivity contribution is -0.145. The number of hydrogen-bond donors (Lipinski definition) is 2. The lowest BCUT2D eigenvalue weighted by Gasteiger charge is -2.22. The Kier molecular flexibility index (Phi) is 6.44. The van der Waals surface area contributed by atoms with Gasteiger partial charge >= 0.3 is 5.97 Å². The first-order chi connectivity index (χ1) is 11.9. The molecule has 134 valence electrons. The molecule has 1 aromatic rings. The number of thioether (sulfide) groups is 1. The summed E-state index contributed by atoms with van der Waals surface area (Å²) in [6.45, 7) is 4.06. The van der Waals surface area contributed by atoms with E-state index < -0.39 is 17.9 Å². The summed E-state index contributed by atoms with van der Waals surface area (Å²) in [5.74, 6) is -1.15. The molecule has 2 N–H and O–H groups in total. The Morgan fingerprint density at radius 1 is 1.44 bits per heavy atom. The van der Waals surface area contributed by atoms with E-state index in [1.54, 1.807) is 25.1 Å². The van der Waals surface area contributed by atoms with E-state index in [0.717, 1.165) is 11.8 Å². The van der Waals surface area contributed by atoms with Crippen LogP contribution in [-0.4, -0.2) is 44.0 Å². The quantitative estimate of drug-likeness (QED) is 0.554. The largest absolute Gasteiger partial charge is 0.504 e. The van der Waals surface area contributed by atoms with Gasteiger partial charge in [-0.1, -0.05) is 43.4 Å². The van der Waals surface area contributed by atoms with E-state index in [0.29, 0.717) is 35.7 Å². The number of carboxylic acid groups (broad SMARTS) is 1. The van der Waals surface area contributed by atoms with Gasteiger partial charge in [-0.15, -0.1) is 0 Å². The Hall–Kier alpha value is -2.06. The standard InChI is InChI=1S/C17H19NO5S2/c1-3-5-11(16(21)22)18-15(20)14(25-17(18)24)9-10-6-7-12(19)13(8-10)23-4-2/h6-9,11,19H,3-5H2,1-2H3,(H,21,22)/b14-9-/t11-/m0/s1. The van der Waals surface area contributed by atoms with Crippen molar-refractivity contribution >= 4 is 46.3 Å². The molecule has 0 aliphatic carbocycles. The minimum Gasteiger partial charge on any atom is -0.504 e. The van der Waals surface area contributed by atoms with E-state index >= 15 is 0 Å². The highest BCUT2D eigenvalue weighted by molar-refractivity contribution is 8.26. The average Bonchev–Trinajstić information content (AvgIpc) is 2.82. The highest BCUT2D eigenvalue weighted by atomic mass is 32.2. The summed E-state index contributed by atoms with van der Waals surface area (Å²) in [6.07, 6.45) is 2.58. The summed E-state index contributed by atoms with van der Waals surface area (Å²) in [4.78, 5) is 25.6. The van der Waals surface area contributed by atoms with Crippen molar-refractivity contribution in [1.29, 1.82) is 0 Å². The van der Waals surface area contributed by atoms with Gasteiger partial charge in [0.05, 0.1) is 11.5 Å². The molecule has 1 heterocycles. The first-order valence-electron chi connectivity index (χ1n) is 7.84. The Bertz CT molecular complexity index is 732. The number of carbonyl (C=O) groups is 2. The fourth-order valence-corrected chi connectivity index (χ4v) is 3.78. The lowest BCUT2D eigenvalue weighted by atomic mass is 10.1. The number of carbonyl (C=O) groups excluding carboxylic acids is 1. The minimum atomic E-state index is -1.07. The van der Waals surface area contributed by atoms with Crippen molar-refractivity contribution in [2.24, 2.45) is 0 Å². The topological polar surface area (TPSA) is 87.1 Å². The number of hydrogen-bond acceptors (Lipinski definition) is 6. The van der Waals surface area contributed by atoms with Crippen molar-refractivity contribution < 1.29 is 24.5 Å². The summed E-state index contributed by atoms with van der Waals surface area (Å²) in [5.41, 5.74) is 0.657. The molecule has 0 spiro atoms. The molecule has 0 aromatic heterocycles. The number of carboxylic acids is 1. The third-order valence-electron chi connectivity index (χ3n) is 3.56. The summed E-state index contributed by atoms with van der Waals surface area (Å²) in [7, 11) is 0. The van der Waals surface area contributed by atoms with Gasteiger partial charge in [0.1, 0.15) is 10.4 Å². The highest BCUT2D eigenvalue weighted by Crippen LogP contribution is 2.36. The first-order valence-corrected chi connectivity index (χ1v) is 9.07. The number of aromatic hydroxyl groups is 1. The van der Waals surface area contributed by atoms with Crippen molar-refractivity contribution in [3.63, 3.8) is 0 Å². The number of phenols is 1. The first kappa shape index (κ1) is 19.3. The van der Waals surface area contributed by atoms with Crippen LogP contribution in [-0.2, 0) is 9.59 Å². The number of phenolic OH excluding ortho intramolecular Hbond substituents is 1. The zero-order valence-electron chi connectivity index (χ0n) is 13.9. The maximum atomic E-state index is 12.6. The number of thiocarbonyl (C=S) groups is 1. The molecule has 1 fully saturated rings. The van der Waals surface area contributed by atoms with Gasteiger partial charge in [-0.05, 0) is 37.1 Å². The molecule has 1 aliphatic rings.